The summed E-state index contributed by atoms with van der Waals surface area (Å²) >= 11 is 0. The lowest BCUT2D eigenvalue weighted by Crippen LogP contribution is -2.19. The van der Waals surface area contributed by atoms with Crippen molar-refractivity contribution in [3.05, 3.63) is 41.2 Å². The molecule has 7 nitrogen and oxygen atoms in total. The van der Waals surface area contributed by atoms with Crippen LogP contribution in [0.1, 0.15) is 17.0 Å². The maximum absolute atomic E-state index is 12.4. The molecule has 126 valence electrons. The number of fused-ring (bicyclic) bond motifs is 1. The van der Waals surface area contributed by atoms with E-state index in [2.05, 4.69) is 20.5 Å². The van der Waals surface area contributed by atoms with Crippen LogP contribution in [-0.2, 0) is 22.5 Å². The van der Waals surface area contributed by atoms with Gasteiger partial charge in [-0.15, -0.1) is 0 Å². The number of nitrogens with zero attached hydrogens (tertiary/aromatic N) is 3. The highest BCUT2D eigenvalue weighted by Crippen LogP contribution is 2.20. The fraction of sp³-hybridized carbons (Fsp3) is 0.353. The minimum Gasteiger partial charge on any atom is -0.383 e. The van der Waals surface area contributed by atoms with E-state index < -0.39 is 0 Å². The summed E-state index contributed by atoms with van der Waals surface area (Å²) in [6, 6.07) is 7.80. The Balaban J connectivity index is 1.84. The van der Waals surface area contributed by atoms with Gasteiger partial charge < -0.3 is 9.30 Å². The van der Waals surface area contributed by atoms with E-state index in [0.717, 1.165) is 28.0 Å². The standard InChI is InChI=1S/C17H21N5O2/c1-11-13(12(2)21-20-11)10-16(23)19-17-18-14-6-4-5-7-15(14)22(17)8-9-24-3/h4-7H,8-10H2,1-3H3,(H,20,21)(H,18,19,23). The number of amides is 1. The predicted molar refractivity (Wildman–Crippen MR) is 92.0 cm³/mol. The number of aryl methyl sites for hydroxylation is 2. The highest BCUT2D eigenvalue weighted by atomic mass is 16.5. The van der Waals surface area contributed by atoms with E-state index in [9.17, 15) is 4.79 Å². The summed E-state index contributed by atoms with van der Waals surface area (Å²) in [5, 5.41) is 9.94. The molecule has 0 radical (unpaired) electrons. The van der Waals surface area contributed by atoms with Gasteiger partial charge in [0.15, 0.2) is 0 Å². The topological polar surface area (TPSA) is 84.8 Å². The van der Waals surface area contributed by atoms with Gasteiger partial charge in [-0.2, -0.15) is 5.10 Å². The molecule has 7 heteroatoms. The zero-order chi connectivity index (χ0) is 17.1. The number of carbonyl (C=O) groups is 1. The van der Waals surface area contributed by atoms with Crippen molar-refractivity contribution in [2.24, 2.45) is 0 Å². The number of anilines is 1. The van der Waals surface area contributed by atoms with Crippen molar-refractivity contribution in [3.8, 4) is 0 Å². The van der Waals surface area contributed by atoms with E-state index in [1.807, 2.05) is 42.7 Å². The molecule has 1 aromatic carbocycles. The number of para-hydroxylation sites is 2. The first kappa shape index (κ1) is 16.2. The monoisotopic (exact) mass is 327 g/mol. The number of carbonyl (C=O) groups excluding carboxylic acids is 1. The van der Waals surface area contributed by atoms with Crippen LogP contribution in [0.4, 0.5) is 5.95 Å². The van der Waals surface area contributed by atoms with Gasteiger partial charge in [-0.1, -0.05) is 12.1 Å². The predicted octanol–water partition coefficient (Wildman–Crippen LogP) is 2.20. The molecule has 0 fully saturated rings. The number of rotatable bonds is 6. The van der Waals surface area contributed by atoms with Crippen LogP contribution in [0.15, 0.2) is 24.3 Å². The lowest BCUT2D eigenvalue weighted by atomic mass is 10.1. The van der Waals surface area contributed by atoms with Gasteiger partial charge in [0.25, 0.3) is 0 Å². The second-order valence-corrected chi connectivity index (χ2v) is 5.71. The Morgan fingerprint density at radius 1 is 1.33 bits per heavy atom. The lowest BCUT2D eigenvalue weighted by molar-refractivity contribution is -0.115. The number of methoxy groups -OCH3 is 1. The van der Waals surface area contributed by atoms with E-state index >= 15 is 0 Å². The van der Waals surface area contributed by atoms with Crippen molar-refractivity contribution in [1.82, 2.24) is 19.7 Å². The van der Waals surface area contributed by atoms with E-state index in [1.54, 1.807) is 7.11 Å². The van der Waals surface area contributed by atoms with E-state index in [-0.39, 0.29) is 12.3 Å². The molecule has 0 unspecified atom stereocenters. The normalized spacial score (nSPS) is 11.1. The van der Waals surface area contributed by atoms with Gasteiger partial charge in [0, 0.05) is 24.9 Å². The first-order valence-electron chi connectivity index (χ1n) is 7.84. The molecule has 2 heterocycles. The number of benzene rings is 1. The minimum atomic E-state index is -0.114. The zero-order valence-electron chi connectivity index (χ0n) is 14.1. The Hall–Kier alpha value is -2.67. The summed E-state index contributed by atoms with van der Waals surface area (Å²) < 4.78 is 7.13. The molecule has 1 amide bonds. The van der Waals surface area contributed by atoms with Crippen molar-refractivity contribution in [3.63, 3.8) is 0 Å². The third kappa shape index (κ3) is 3.16. The summed E-state index contributed by atoms with van der Waals surface area (Å²) in [6.07, 6.45) is 0.266. The summed E-state index contributed by atoms with van der Waals surface area (Å²) in [5.74, 6) is 0.425. The summed E-state index contributed by atoms with van der Waals surface area (Å²) in [4.78, 5) is 17.0. The molecule has 0 atom stereocenters. The molecule has 2 N–H and O–H groups in total. The highest BCUT2D eigenvalue weighted by Gasteiger charge is 2.16. The van der Waals surface area contributed by atoms with Crippen LogP contribution >= 0.6 is 0 Å². The molecule has 3 rings (SSSR count). The van der Waals surface area contributed by atoms with Crippen LogP contribution in [-0.4, -0.2) is 39.4 Å². The smallest absolute Gasteiger partial charge is 0.231 e. The third-order valence-corrected chi connectivity index (χ3v) is 4.04. The first-order chi connectivity index (χ1) is 11.6. The number of ether oxygens (including phenoxy) is 1. The molecular formula is C17H21N5O2. The summed E-state index contributed by atoms with van der Waals surface area (Å²) in [5.41, 5.74) is 4.50. The second kappa shape index (κ2) is 6.84. The van der Waals surface area contributed by atoms with Gasteiger partial charge in [0.1, 0.15) is 0 Å². The average molecular weight is 327 g/mol. The highest BCUT2D eigenvalue weighted by molar-refractivity contribution is 5.93. The van der Waals surface area contributed by atoms with Crippen molar-refractivity contribution < 1.29 is 9.53 Å². The maximum atomic E-state index is 12.4. The fourth-order valence-electron chi connectivity index (χ4n) is 2.74. The Kier molecular flexibility index (Phi) is 4.61. The number of hydrogen-bond acceptors (Lipinski definition) is 4. The van der Waals surface area contributed by atoms with Gasteiger partial charge in [-0.05, 0) is 26.0 Å². The largest absolute Gasteiger partial charge is 0.383 e. The third-order valence-electron chi connectivity index (χ3n) is 4.04. The number of aromatic nitrogens is 4. The van der Waals surface area contributed by atoms with Gasteiger partial charge in [-0.3, -0.25) is 15.2 Å². The summed E-state index contributed by atoms with van der Waals surface area (Å²) in [7, 11) is 1.65. The Bertz CT molecular complexity index is 846. The quantitative estimate of drug-likeness (QED) is 0.727. The van der Waals surface area contributed by atoms with Crippen LogP contribution < -0.4 is 5.32 Å². The van der Waals surface area contributed by atoms with Crippen LogP contribution in [0.3, 0.4) is 0 Å². The van der Waals surface area contributed by atoms with Crippen molar-refractivity contribution in [2.75, 3.05) is 19.0 Å². The Morgan fingerprint density at radius 3 is 2.83 bits per heavy atom. The molecule has 2 aromatic heterocycles. The van der Waals surface area contributed by atoms with Gasteiger partial charge in [0.2, 0.25) is 11.9 Å². The van der Waals surface area contributed by atoms with Gasteiger partial charge in [0.05, 0.1) is 29.8 Å². The molecule has 24 heavy (non-hydrogen) atoms. The molecule has 0 bridgehead atoms. The van der Waals surface area contributed by atoms with Crippen LogP contribution in [0.25, 0.3) is 11.0 Å². The summed E-state index contributed by atoms with van der Waals surface area (Å²) in [6.45, 7) is 4.97. The SMILES string of the molecule is COCCn1c(NC(=O)Cc2c(C)n[nH]c2C)nc2ccccc21. The van der Waals surface area contributed by atoms with E-state index in [0.29, 0.717) is 19.1 Å². The Labute approximate surface area is 140 Å². The van der Waals surface area contributed by atoms with E-state index in [4.69, 9.17) is 4.74 Å². The average Bonchev–Trinajstić information content (AvgIpc) is 3.07. The first-order valence-corrected chi connectivity index (χ1v) is 7.84. The molecule has 3 aromatic rings. The van der Waals surface area contributed by atoms with Crippen LogP contribution in [0.5, 0.6) is 0 Å². The number of hydrogen-bond donors (Lipinski definition) is 2. The van der Waals surface area contributed by atoms with Crippen molar-refractivity contribution in [2.45, 2.75) is 26.8 Å². The van der Waals surface area contributed by atoms with Crippen molar-refractivity contribution >= 4 is 22.9 Å². The van der Waals surface area contributed by atoms with Crippen LogP contribution in [0.2, 0.25) is 0 Å². The molecular weight excluding hydrogens is 306 g/mol. The van der Waals surface area contributed by atoms with Gasteiger partial charge >= 0.3 is 0 Å². The molecule has 0 aliphatic rings. The molecule has 0 aliphatic heterocycles. The number of aromatic amines is 1. The van der Waals surface area contributed by atoms with Gasteiger partial charge in [-0.25, -0.2) is 4.98 Å². The minimum absolute atomic E-state index is 0.114. The fourth-order valence-corrected chi connectivity index (χ4v) is 2.74. The zero-order valence-corrected chi connectivity index (χ0v) is 14.1. The number of imidazole rings is 1. The number of H-pyrrole nitrogens is 1. The molecule has 0 aliphatic carbocycles. The molecule has 0 saturated heterocycles. The van der Waals surface area contributed by atoms with E-state index in [1.165, 1.54) is 0 Å². The molecule has 0 spiro atoms. The van der Waals surface area contributed by atoms with Crippen LogP contribution in [0, 0.1) is 13.8 Å². The number of nitrogens with one attached hydrogen (secondary N) is 2. The maximum Gasteiger partial charge on any atom is 0.231 e. The van der Waals surface area contributed by atoms with Crippen molar-refractivity contribution in [1.29, 1.82) is 0 Å². The Morgan fingerprint density at radius 2 is 2.12 bits per heavy atom. The lowest BCUT2D eigenvalue weighted by Gasteiger charge is -2.09. The molecule has 0 saturated carbocycles. The second-order valence-electron chi connectivity index (χ2n) is 5.71.